The minimum atomic E-state index is -4.26. The first kappa shape index (κ1) is 24.8. The predicted molar refractivity (Wildman–Crippen MR) is 153 cm³/mol. The van der Waals surface area contributed by atoms with Gasteiger partial charge in [0.2, 0.25) is 0 Å². The van der Waals surface area contributed by atoms with Crippen molar-refractivity contribution in [3.8, 4) is 0 Å². The third-order valence-corrected chi connectivity index (χ3v) is 17.9. The monoisotopic (exact) mass is 592 g/mol. The van der Waals surface area contributed by atoms with Crippen molar-refractivity contribution in [3.63, 3.8) is 0 Å². The summed E-state index contributed by atoms with van der Waals surface area (Å²) in [6.07, 6.45) is 1.69. The summed E-state index contributed by atoms with van der Waals surface area (Å²) in [5.41, 5.74) is 3.60. The number of aromatic nitrogens is 1. The van der Waals surface area contributed by atoms with Crippen molar-refractivity contribution in [1.82, 2.24) is 4.98 Å². The first-order valence-corrected chi connectivity index (χ1v) is 17.7. The van der Waals surface area contributed by atoms with E-state index < -0.39 is 18.8 Å². The van der Waals surface area contributed by atoms with Crippen LogP contribution in [0.25, 0.3) is 0 Å². The van der Waals surface area contributed by atoms with Crippen LogP contribution in [0.5, 0.6) is 0 Å². The molecule has 1 aromatic heterocycles. The van der Waals surface area contributed by atoms with Crippen molar-refractivity contribution < 1.29 is 7.87 Å². The molecule has 0 bridgehead atoms. The Labute approximate surface area is 222 Å². The van der Waals surface area contributed by atoms with Gasteiger partial charge in [-0.05, 0) is 0 Å². The molecule has 37 heavy (non-hydrogen) atoms. The van der Waals surface area contributed by atoms with E-state index >= 15 is 0 Å². The third kappa shape index (κ3) is 5.02. The van der Waals surface area contributed by atoms with Crippen molar-refractivity contribution in [2.24, 2.45) is 0 Å². The van der Waals surface area contributed by atoms with Gasteiger partial charge in [-0.1, -0.05) is 0 Å². The van der Waals surface area contributed by atoms with Gasteiger partial charge in [-0.2, -0.15) is 0 Å². The van der Waals surface area contributed by atoms with E-state index in [1.54, 1.807) is 18.3 Å². The Morgan fingerprint density at radius 3 is 1.76 bits per heavy atom. The molecule has 0 saturated carbocycles. The van der Waals surface area contributed by atoms with E-state index in [2.05, 4.69) is 66.6 Å². The first-order valence-electron chi connectivity index (χ1n) is 12.3. The molecule has 4 nitrogen and oxygen atoms in total. The van der Waals surface area contributed by atoms with Gasteiger partial charge in [0.15, 0.2) is 0 Å². The second-order valence-electron chi connectivity index (χ2n) is 8.94. The van der Waals surface area contributed by atoms with Gasteiger partial charge in [0.1, 0.15) is 0 Å². The van der Waals surface area contributed by atoms with Crippen LogP contribution in [0, 0.1) is 13.8 Å². The van der Waals surface area contributed by atoms with Crippen molar-refractivity contribution in [2.75, 3.05) is 5.32 Å². The molecule has 0 aliphatic heterocycles. The molecule has 0 unspecified atom stereocenters. The maximum atomic E-state index is 14.1. The number of carbonyl (C=O) groups excluding carboxylic acids is 1. The van der Waals surface area contributed by atoms with Crippen molar-refractivity contribution >= 4 is 47.0 Å². The van der Waals surface area contributed by atoms with Gasteiger partial charge in [0.25, 0.3) is 0 Å². The molecule has 182 valence electrons. The van der Waals surface area contributed by atoms with Crippen LogP contribution in [0.4, 0.5) is 11.5 Å². The van der Waals surface area contributed by atoms with Gasteiger partial charge in [0, 0.05) is 0 Å². The minimum absolute atomic E-state index is 0.381. The molecular formula is C32H28N2O2Sn. The van der Waals surface area contributed by atoms with Crippen LogP contribution in [-0.2, 0) is 3.07 Å². The molecule has 5 heteroatoms. The van der Waals surface area contributed by atoms with E-state index in [-0.39, 0.29) is 5.97 Å². The summed E-state index contributed by atoms with van der Waals surface area (Å²) < 4.78 is 10.0. The fourth-order valence-electron chi connectivity index (χ4n) is 4.57. The molecule has 1 N–H and O–H groups in total. The molecular weight excluding hydrogens is 563 g/mol. The van der Waals surface area contributed by atoms with Crippen molar-refractivity contribution in [2.45, 2.75) is 13.8 Å². The molecule has 1 heterocycles. The summed E-state index contributed by atoms with van der Waals surface area (Å²) in [5.74, 6) is 0.101. The Hall–Kier alpha value is -3.90. The fraction of sp³-hybridized carbons (Fsp3) is 0.0625. The molecule has 4 aromatic carbocycles. The van der Waals surface area contributed by atoms with Gasteiger partial charge in [-0.3, -0.25) is 0 Å². The zero-order valence-electron chi connectivity index (χ0n) is 20.9. The summed E-state index contributed by atoms with van der Waals surface area (Å²) in [5, 5.41) is 3.38. The van der Waals surface area contributed by atoms with Crippen LogP contribution >= 0.6 is 0 Å². The Morgan fingerprint density at radius 2 is 1.22 bits per heavy atom. The number of hydrogen-bond acceptors (Lipinski definition) is 4. The first-order chi connectivity index (χ1) is 18.1. The van der Waals surface area contributed by atoms with Gasteiger partial charge < -0.3 is 0 Å². The van der Waals surface area contributed by atoms with Gasteiger partial charge >= 0.3 is 223 Å². The summed E-state index contributed by atoms with van der Waals surface area (Å²) in [6, 6.07) is 40.2. The van der Waals surface area contributed by atoms with Crippen LogP contribution in [0.15, 0.2) is 128 Å². The molecule has 0 aliphatic carbocycles. The Morgan fingerprint density at radius 1 is 0.676 bits per heavy atom. The van der Waals surface area contributed by atoms with E-state index in [9.17, 15) is 4.79 Å². The van der Waals surface area contributed by atoms with Crippen molar-refractivity contribution in [1.29, 1.82) is 0 Å². The zero-order chi connectivity index (χ0) is 25.7. The van der Waals surface area contributed by atoms with Crippen molar-refractivity contribution in [3.05, 3.63) is 144 Å². The summed E-state index contributed by atoms with van der Waals surface area (Å²) >= 11 is -4.26. The maximum absolute atomic E-state index is 14.1. The Kier molecular flexibility index (Phi) is 7.37. The van der Waals surface area contributed by atoms with Crippen LogP contribution in [-0.4, -0.2) is 29.7 Å². The second-order valence-corrected chi connectivity index (χ2v) is 18.4. The fourth-order valence-corrected chi connectivity index (χ4v) is 15.2. The molecule has 5 rings (SSSR count). The summed E-state index contributed by atoms with van der Waals surface area (Å²) in [4.78, 5) is 18.6. The SMILES string of the molecule is Cc1cccc(Nc2ncccc2C(=O)[O][Sn]([c]2ccccc2)([c]2ccccc2)[c]2ccccc2)c1C. The average Bonchev–Trinajstić information content (AvgIpc) is 2.96. The van der Waals surface area contributed by atoms with Gasteiger partial charge in [-0.25, -0.2) is 0 Å². The van der Waals surface area contributed by atoms with Gasteiger partial charge in [0.05, 0.1) is 0 Å². The van der Waals surface area contributed by atoms with E-state index in [1.165, 1.54) is 0 Å². The topological polar surface area (TPSA) is 51.2 Å². The molecule has 0 saturated heterocycles. The zero-order valence-corrected chi connectivity index (χ0v) is 23.7. The molecule has 5 aromatic rings. The Balaban J connectivity index is 1.63. The van der Waals surface area contributed by atoms with Crippen LogP contribution in [0.2, 0.25) is 0 Å². The normalized spacial score (nSPS) is 11.1. The molecule has 0 atom stereocenters. The van der Waals surface area contributed by atoms with Crippen LogP contribution < -0.4 is 16.1 Å². The number of rotatable bonds is 7. The number of nitrogens with zero attached hydrogens (tertiary/aromatic N) is 1. The molecule has 0 aliphatic rings. The number of anilines is 2. The third-order valence-electron chi connectivity index (χ3n) is 6.67. The van der Waals surface area contributed by atoms with Crippen LogP contribution in [0.1, 0.15) is 21.5 Å². The van der Waals surface area contributed by atoms with E-state index in [1.807, 2.05) is 66.7 Å². The summed E-state index contributed by atoms with van der Waals surface area (Å²) in [7, 11) is 0. The quantitative estimate of drug-likeness (QED) is 0.263. The predicted octanol–water partition coefficient (Wildman–Crippen LogP) is 5.27. The molecule has 0 radical (unpaired) electrons. The van der Waals surface area contributed by atoms with E-state index in [0.29, 0.717) is 11.4 Å². The number of hydrogen-bond donors (Lipinski definition) is 1. The van der Waals surface area contributed by atoms with Gasteiger partial charge in [-0.15, -0.1) is 0 Å². The second kappa shape index (κ2) is 11.0. The number of nitrogens with one attached hydrogen (secondary N) is 1. The number of pyridine rings is 1. The Bertz CT molecular complexity index is 1410. The van der Waals surface area contributed by atoms with E-state index in [0.717, 1.165) is 27.6 Å². The average molecular weight is 591 g/mol. The number of carbonyl (C=O) groups is 1. The summed E-state index contributed by atoms with van der Waals surface area (Å²) in [6.45, 7) is 4.12. The van der Waals surface area contributed by atoms with Crippen LogP contribution in [0.3, 0.4) is 0 Å². The number of benzene rings is 4. The standard InChI is InChI=1S/C14H14N2O2.3C6H5.Sn/c1-9-5-3-7-12(10(9)2)16-13-11(14(17)18)6-4-8-15-13;3*1-2-4-6-5-3-1;/h3-8H,1-2H3,(H,15,16)(H,17,18);3*1-5H;/q;;;;+1/p-1. The molecule has 0 fully saturated rings. The molecule has 0 amide bonds. The number of aryl methyl sites for hydroxylation is 1. The molecule has 0 spiro atoms. The van der Waals surface area contributed by atoms with E-state index in [4.69, 9.17) is 3.07 Å².